The van der Waals surface area contributed by atoms with E-state index in [1.165, 1.54) is 5.56 Å². The van der Waals surface area contributed by atoms with Crippen molar-refractivity contribution in [1.82, 2.24) is 15.1 Å². The molecular weight excluding hydrogens is 404 g/mol. The van der Waals surface area contributed by atoms with Crippen molar-refractivity contribution in [3.05, 3.63) is 59.7 Å². The summed E-state index contributed by atoms with van der Waals surface area (Å²) in [5.41, 5.74) is 2.33. The van der Waals surface area contributed by atoms with Crippen LogP contribution >= 0.6 is 0 Å². The standard InChI is InChI=1S/C25H36N4O3/c1-19-16-28(13-14-29(19)18-25(2,3)31)17-21-5-9-22(10-6-21)27-24(30)26-15-20-7-11-23(32-4)12-8-20/h5-12,19,31H,13-18H2,1-4H3,(H2,26,27,30). The van der Waals surface area contributed by atoms with Gasteiger partial charge in [0.1, 0.15) is 5.75 Å². The van der Waals surface area contributed by atoms with Crippen molar-refractivity contribution >= 4 is 11.7 Å². The lowest BCUT2D eigenvalue weighted by atomic mass is 10.1. The molecule has 1 saturated heterocycles. The molecular formula is C25H36N4O3. The number of rotatable bonds is 8. The Kier molecular flexibility index (Phi) is 8.12. The van der Waals surface area contributed by atoms with Gasteiger partial charge in [0.25, 0.3) is 0 Å². The molecule has 1 fully saturated rings. The van der Waals surface area contributed by atoms with E-state index in [0.29, 0.717) is 19.1 Å². The predicted molar refractivity (Wildman–Crippen MR) is 128 cm³/mol. The largest absolute Gasteiger partial charge is 0.497 e. The molecule has 2 aromatic rings. The normalized spacial score (nSPS) is 17.7. The number of benzene rings is 2. The van der Waals surface area contributed by atoms with Gasteiger partial charge in [0.2, 0.25) is 0 Å². The average molecular weight is 441 g/mol. The molecule has 3 N–H and O–H groups in total. The molecule has 1 unspecified atom stereocenters. The molecule has 7 heteroatoms. The molecule has 1 atom stereocenters. The summed E-state index contributed by atoms with van der Waals surface area (Å²) in [6.07, 6.45) is 0. The number of hydrogen-bond donors (Lipinski definition) is 3. The third kappa shape index (κ3) is 7.51. The first kappa shape index (κ1) is 24.0. The number of carbonyl (C=O) groups excluding carboxylic acids is 1. The zero-order valence-corrected chi connectivity index (χ0v) is 19.6. The molecule has 0 aliphatic carbocycles. The summed E-state index contributed by atoms with van der Waals surface area (Å²) in [6.45, 7) is 10.9. The van der Waals surface area contributed by atoms with Crippen molar-refractivity contribution < 1.29 is 14.6 Å². The van der Waals surface area contributed by atoms with E-state index in [0.717, 1.165) is 43.2 Å². The Labute approximate surface area is 191 Å². The van der Waals surface area contributed by atoms with Gasteiger partial charge in [-0.25, -0.2) is 4.79 Å². The van der Waals surface area contributed by atoms with Crippen LogP contribution in [0.15, 0.2) is 48.5 Å². The molecule has 2 aromatic carbocycles. The van der Waals surface area contributed by atoms with Crippen LogP contribution in [0.5, 0.6) is 5.75 Å². The SMILES string of the molecule is COc1ccc(CNC(=O)Nc2ccc(CN3CCN(CC(C)(C)O)C(C)C3)cc2)cc1. The number of nitrogens with one attached hydrogen (secondary N) is 2. The van der Waals surface area contributed by atoms with Crippen LogP contribution in [-0.2, 0) is 13.1 Å². The van der Waals surface area contributed by atoms with Crippen molar-refractivity contribution in [1.29, 1.82) is 0 Å². The number of aliphatic hydroxyl groups is 1. The summed E-state index contributed by atoms with van der Waals surface area (Å²) in [7, 11) is 1.63. The Hall–Kier alpha value is -2.61. The second kappa shape index (κ2) is 10.8. The van der Waals surface area contributed by atoms with Gasteiger partial charge in [-0.05, 0) is 56.2 Å². The van der Waals surface area contributed by atoms with Gasteiger partial charge in [-0.2, -0.15) is 0 Å². The zero-order valence-electron chi connectivity index (χ0n) is 19.6. The lowest BCUT2D eigenvalue weighted by molar-refractivity contribution is -0.00506. The molecule has 0 bridgehead atoms. The van der Waals surface area contributed by atoms with Crippen molar-refractivity contribution in [2.75, 3.05) is 38.6 Å². The van der Waals surface area contributed by atoms with E-state index >= 15 is 0 Å². The molecule has 0 radical (unpaired) electrons. The number of carbonyl (C=O) groups is 1. The van der Waals surface area contributed by atoms with E-state index in [4.69, 9.17) is 4.74 Å². The van der Waals surface area contributed by atoms with Crippen LogP contribution < -0.4 is 15.4 Å². The van der Waals surface area contributed by atoms with Crippen LogP contribution in [0, 0.1) is 0 Å². The number of anilines is 1. The summed E-state index contributed by atoms with van der Waals surface area (Å²) < 4.78 is 5.14. The number of urea groups is 1. The fourth-order valence-electron chi connectivity index (χ4n) is 4.00. The third-order valence-electron chi connectivity index (χ3n) is 5.67. The second-order valence-electron chi connectivity index (χ2n) is 9.22. The Bertz CT molecular complexity index is 862. The summed E-state index contributed by atoms with van der Waals surface area (Å²) >= 11 is 0. The van der Waals surface area contributed by atoms with Crippen LogP contribution in [0.25, 0.3) is 0 Å². The minimum atomic E-state index is -0.666. The van der Waals surface area contributed by atoms with Crippen LogP contribution in [0.1, 0.15) is 31.9 Å². The molecule has 0 saturated carbocycles. The monoisotopic (exact) mass is 440 g/mol. The first-order valence-electron chi connectivity index (χ1n) is 11.2. The maximum absolute atomic E-state index is 12.2. The van der Waals surface area contributed by atoms with E-state index in [9.17, 15) is 9.90 Å². The highest BCUT2D eigenvalue weighted by Crippen LogP contribution is 2.17. The first-order chi connectivity index (χ1) is 15.2. The Morgan fingerprint density at radius 2 is 1.75 bits per heavy atom. The highest BCUT2D eigenvalue weighted by atomic mass is 16.5. The van der Waals surface area contributed by atoms with Gasteiger partial charge >= 0.3 is 6.03 Å². The van der Waals surface area contributed by atoms with Gasteiger partial charge in [-0.15, -0.1) is 0 Å². The van der Waals surface area contributed by atoms with Crippen molar-refractivity contribution in [3.63, 3.8) is 0 Å². The molecule has 7 nitrogen and oxygen atoms in total. The molecule has 1 aliphatic rings. The van der Waals surface area contributed by atoms with E-state index in [-0.39, 0.29) is 6.03 Å². The quantitative estimate of drug-likeness (QED) is 0.587. The maximum atomic E-state index is 12.2. The van der Waals surface area contributed by atoms with Gasteiger partial charge in [0, 0.05) is 51.0 Å². The van der Waals surface area contributed by atoms with Crippen molar-refractivity contribution in [2.45, 2.75) is 45.5 Å². The first-order valence-corrected chi connectivity index (χ1v) is 11.2. The van der Waals surface area contributed by atoms with Gasteiger partial charge in [-0.3, -0.25) is 9.80 Å². The fraction of sp³-hybridized carbons (Fsp3) is 0.480. The number of methoxy groups -OCH3 is 1. The highest BCUT2D eigenvalue weighted by Gasteiger charge is 2.27. The summed E-state index contributed by atoms with van der Waals surface area (Å²) in [5.74, 6) is 0.795. The van der Waals surface area contributed by atoms with Crippen LogP contribution in [0.3, 0.4) is 0 Å². The average Bonchev–Trinajstić information content (AvgIpc) is 2.75. The van der Waals surface area contributed by atoms with Crippen LogP contribution in [0.2, 0.25) is 0 Å². The molecule has 3 rings (SSSR count). The maximum Gasteiger partial charge on any atom is 0.319 e. The van der Waals surface area contributed by atoms with Crippen LogP contribution in [0.4, 0.5) is 10.5 Å². The van der Waals surface area contributed by atoms with Gasteiger partial charge < -0.3 is 20.5 Å². The smallest absolute Gasteiger partial charge is 0.319 e. The van der Waals surface area contributed by atoms with Crippen molar-refractivity contribution in [3.8, 4) is 5.75 Å². The molecule has 1 aliphatic heterocycles. The highest BCUT2D eigenvalue weighted by molar-refractivity contribution is 5.89. The molecule has 2 amide bonds. The number of amides is 2. The van der Waals surface area contributed by atoms with E-state index in [1.807, 2.05) is 50.2 Å². The van der Waals surface area contributed by atoms with E-state index < -0.39 is 5.60 Å². The number of nitrogens with zero attached hydrogens (tertiary/aromatic N) is 2. The molecule has 174 valence electrons. The number of hydrogen-bond acceptors (Lipinski definition) is 5. The zero-order chi connectivity index (χ0) is 23.1. The minimum absolute atomic E-state index is 0.231. The lowest BCUT2D eigenvalue weighted by Gasteiger charge is -2.42. The van der Waals surface area contributed by atoms with E-state index in [1.54, 1.807) is 7.11 Å². The van der Waals surface area contributed by atoms with Gasteiger partial charge in [0.05, 0.1) is 12.7 Å². The number of piperazine rings is 1. The van der Waals surface area contributed by atoms with Crippen LogP contribution in [-0.4, -0.2) is 65.9 Å². The summed E-state index contributed by atoms with van der Waals surface area (Å²) in [5, 5.41) is 15.8. The molecule has 1 heterocycles. The molecule has 32 heavy (non-hydrogen) atoms. The molecule has 0 spiro atoms. The minimum Gasteiger partial charge on any atom is -0.497 e. The predicted octanol–water partition coefficient (Wildman–Crippen LogP) is 3.29. The Balaban J connectivity index is 1.43. The Morgan fingerprint density at radius 1 is 1.09 bits per heavy atom. The van der Waals surface area contributed by atoms with Gasteiger partial charge in [-0.1, -0.05) is 24.3 Å². The number of ether oxygens (including phenoxy) is 1. The summed E-state index contributed by atoms with van der Waals surface area (Å²) in [4.78, 5) is 17.0. The van der Waals surface area contributed by atoms with Crippen molar-refractivity contribution in [2.24, 2.45) is 0 Å². The fourth-order valence-corrected chi connectivity index (χ4v) is 4.00. The third-order valence-corrected chi connectivity index (χ3v) is 5.67. The topological polar surface area (TPSA) is 77.1 Å². The molecule has 0 aromatic heterocycles. The number of β-amino-alcohol motifs (C(OH)–C–C–N with tert-alkyl or cyclic N) is 1. The summed E-state index contributed by atoms with van der Waals surface area (Å²) in [6, 6.07) is 15.8. The second-order valence-corrected chi connectivity index (χ2v) is 9.22. The van der Waals surface area contributed by atoms with Gasteiger partial charge in [0.15, 0.2) is 0 Å². The lowest BCUT2D eigenvalue weighted by Crippen LogP contribution is -2.54. The Morgan fingerprint density at radius 3 is 2.34 bits per heavy atom. The van der Waals surface area contributed by atoms with E-state index in [2.05, 4.69) is 39.5 Å².